The van der Waals surface area contributed by atoms with Gasteiger partial charge in [-0.05, 0) is 19.4 Å². The first-order valence-corrected chi connectivity index (χ1v) is 8.93. The Morgan fingerprint density at radius 3 is 2.96 bits per heavy atom. The van der Waals surface area contributed by atoms with Crippen LogP contribution in [0.4, 0.5) is 5.82 Å². The second-order valence-corrected chi connectivity index (χ2v) is 6.35. The van der Waals surface area contributed by atoms with Gasteiger partial charge >= 0.3 is 5.97 Å². The van der Waals surface area contributed by atoms with Gasteiger partial charge < -0.3 is 26.0 Å². The number of nitrogens with zero attached hydrogens (tertiary/aromatic N) is 3. The maximum absolute atomic E-state index is 12.1. The van der Waals surface area contributed by atoms with Crippen LogP contribution in [0.3, 0.4) is 0 Å². The smallest absolute Gasteiger partial charge is 0.337 e. The van der Waals surface area contributed by atoms with Gasteiger partial charge in [0, 0.05) is 18.7 Å². The minimum Gasteiger partial charge on any atom is -0.466 e. The first-order valence-electron chi connectivity index (χ1n) is 8.93. The Hall–Kier alpha value is -3.12. The van der Waals surface area contributed by atoms with Crippen LogP contribution >= 0.6 is 0 Å². The number of ether oxygens (including phenoxy) is 1. The Bertz CT molecular complexity index is 774. The largest absolute Gasteiger partial charge is 0.466 e. The monoisotopic (exact) mass is 369 g/mol. The number of carbonyl (C=O) groups is 1. The van der Waals surface area contributed by atoms with Crippen molar-refractivity contribution >= 4 is 11.8 Å². The predicted molar refractivity (Wildman–Crippen MR) is 99.1 cm³/mol. The number of allylic oxidation sites excluding steroid dienone is 1. The highest BCUT2D eigenvalue weighted by molar-refractivity contribution is 5.90. The van der Waals surface area contributed by atoms with E-state index in [-0.39, 0.29) is 11.7 Å². The highest BCUT2D eigenvalue weighted by Crippen LogP contribution is 2.15. The number of rotatable bonds is 6. The van der Waals surface area contributed by atoms with E-state index in [9.17, 15) is 4.79 Å². The molecule has 0 aliphatic carbocycles. The minimum atomic E-state index is -0.366. The first-order chi connectivity index (χ1) is 13.2. The summed E-state index contributed by atoms with van der Waals surface area (Å²) in [5.41, 5.74) is 1.52. The number of hydrogen-bond acceptors (Lipinski definition) is 9. The molecule has 1 aromatic rings. The molecule has 1 aromatic heterocycles. The van der Waals surface area contributed by atoms with Crippen molar-refractivity contribution in [1.29, 1.82) is 5.26 Å². The summed E-state index contributed by atoms with van der Waals surface area (Å²) in [6.45, 7) is 2.09. The third kappa shape index (κ3) is 4.95. The summed E-state index contributed by atoms with van der Waals surface area (Å²) >= 11 is 0. The van der Waals surface area contributed by atoms with Gasteiger partial charge in [0.25, 0.3) is 0 Å². The molecule has 27 heavy (non-hydrogen) atoms. The third-order valence-corrected chi connectivity index (χ3v) is 4.48. The Balaban J connectivity index is 1.72. The third-order valence-electron chi connectivity index (χ3n) is 4.48. The fourth-order valence-corrected chi connectivity index (χ4v) is 3.02. The van der Waals surface area contributed by atoms with Crippen molar-refractivity contribution in [3.8, 4) is 6.07 Å². The van der Waals surface area contributed by atoms with Gasteiger partial charge in [-0.3, -0.25) is 0 Å². The first kappa shape index (κ1) is 18.7. The molecule has 0 unspecified atom stereocenters. The molecule has 0 spiro atoms. The highest BCUT2D eigenvalue weighted by Gasteiger charge is 2.21. The zero-order chi connectivity index (χ0) is 19.1. The van der Waals surface area contributed by atoms with E-state index in [0.717, 1.165) is 25.2 Å². The van der Waals surface area contributed by atoms with Crippen molar-refractivity contribution in [3.63, 3.8) is 0 Å². The standard InChI is InChI=1S/C18H23N7O2/c1-27-18(26)14-10-24-16(25-17-11-21-13(7-19)9-23-17)6-15(14)22-8-12-4-2-3-5-20-12/h6,9,11-12,20,22,24H,2-5,8,10H2,1H3,(H,23,25)/t12-/m1/s1. The van der Waals surface area contributed by atoms with E-state index >= 15 is 0 Å². The summed E-state index contributed by atoms with van der Waals surface area (Å²) < 4.78 is 4.90. The quantitative estimate of drug-likeness (QED) is 0.526. The van der Waals surface area contributed by atoms with Crippen LogP contribution in [0.15, 0.2) is 35.6 Å². The molecular weight excluding hydrogens is 346 g/mol. The molecular formula is C18H23N7O2. The average molecular weight is 369 g/mol. The molecule has 0 amide bonds. The van der Waals surface area contributed by atoms with Gasteiger partial charge in [0.15, 0.2) is 5.69 Å². The average Bonchev–Trinajstić information content (AvgIpc) is 2.73. The molecule has 2 aliphatic heterocycles. The number of piperidine rings is 1. The second-order valence-electron chi connectivity index (χ2n) is 6.35. The van der Waals surface area contributed by atoms with Gasteiger partial charge in [-0.25, -0.2) is 14.8 Å². The van der Waals surface area contributed by atoms with Gasteiger partial charge in [-0.2, -0.15) is 5.26 Å². The lowest BCUT2D eigenvalue weighted by Crippen LogP contribution is -2.42. The highest BCUT2D eigenvalue weighted by atomic mass is 16.5. The number of anilines is 1. The van der Waals surface area contributed by atoms with Crippen LogP contribution in [0, 0.1) is 11.3 Å². The SMILES string of the molecule is COC(=O)C1=C(NC[C@H]2CCCCN2)C=C(Nc2cnc(C#N)cn2)NC1. The molecule has 4 N–H and O–H groups in total. The van der Waals surface area contributed by atoms with E-state index in [1.807, 2.05) is 12.1 Å². The molecule has 2 aliphatic rings. The lowest BCUT2D eigenvalue weighted by Gasteiger charge is -2.27. The van der Waals surface area contributed by atoms with Crippen LogP contribution < -0.4 is 21.3 Å². The summed E-state index contributed by atoms with van der Waals surface area (Å²) in [5, 5.41) is 21.9. The Morgan fingerprint density at radius 2 is 2.30 bits per heavy atom. The summed E-state index contributed by atoms with van der Waals surface area (Å²) in [4.78, 5) is 20.2. The molecule has 0 aromatic carbocycles. The van der Waals surface area contributed by atoms with Crippen LogP contribution in [-0.4, -0.2) is 48.7 Å². The van der Waals surface area contributed by atoms with Crippen LogP contribution in [0.5, 0.6) is 0 Å². The molecule has 0 saturated carbocycles. The zero-order valence-electron chi connectivity index (χ0n) is 15.2. The van der Waals surface area contributed by atoms with E-state index in [4.69, 9.17) is 10.00 Å². The Kier molecular flexibility index (Phi) is 6.22. The van der Waals surface area contributed by atoms with E-state index in [2.05, 4.69) is 31.2 Å². The van der Waals surface area contributed by atoms with Gasteiger partial charge in [0.05, 0.1) is 37.3 Å². The topological polar surface area (TPSA) is 124 Å². The van der Waals surface area contributed by atoms with Crippen molar-refractivity contribution < 1.29 is 9.53 Å². The van der Waals surface area contributed by atoms with Crippen molar-refractivity contribution in [1.82, 2.24) is 25.9 Å². The maximum atomic E-state index is 12.1. The molecule has 3 heterocycles. The number of carbonyl (C=O) groups excluding carboxylic acids is 1. The van der Waals surface area contributed by atoms with Crippen molar-refractivity contribution in [3.05, 3.63) is 41.3 Å². The van der Waals surface area contributed by atoms with Crippen LogP contribution in [0.1, 0.15) is 25.0 Å². The normalized spacial score (nSPS) is 19.4. The van der Waals surface area contributed by atoms with Gasteiger partial charge in [0.2, 0.25) is 0 Å². The second kappa shape index (κ2) is 9.00. The summed E-state index contributed by atoms with van der Waals surface area (Å²) in [7, 11) is 1.37. The Labute approximate surface area is 157 Å². The number of esters is 1. The number of nitriles is 1. The summed E-state index contributed by atoms with van der Waals surface area (Å²) in [6, 6.07) is 2.31. The molecule has 1 fully saturated rings. The van der Waals surface area contributed by atoms with Gasteiger partial charge in [-0.1, -0.05) is 6.42 Å². The van der Waals surface area contributed by atoms with Gasteiger partial charge in [-0.15, -0.1) is 0 Å². The van der Waals surface area contributed by atoms with Crippen LogP contribution in [-0.2, 0) is 9.53 Å². The van der Waals surface area contributed by atoms with E-state index < -0.39 is 0 Å². The van der Waals surface area contributed by atoms with Gasteiger partial charge in [0.1, 0.15) is 17.7 Å². The molecule has 0 bridgehead atoms. The zero-order valence-corrected chi connectivity index (χ0v) is 15.2. The number of dihydropyridines is 1. The molecule has 1 atom stereocenters. The number of aromatic nitrogens is 2. The summed E-state index contributed by atoms with van der Waals surface area (Å²) in [6.07, 6.45) is 8.23. The molecule has 3 rings (SSSR count). The van der Waals surface area contributed by atoms with Crippen LogP contribution in [0.25, 0.3) is 0 Å². The maximum Gasteiger partial charge on any atom is 0.337 e. The molecule has 142 valence electrons. The molecule has 0 radical (unpaired) electrons. The Morgan fingerprint density at radius 1 is 1.41 bits per heavy atom. The molecule has 1 saturated heterocycles. The van der Waals surface area contributed by atoms with E-state index in [1.165, 1.54) is 32.3 Å². The van der Waals surface area contributed by atoms with E-state index in [1.54, 1.807) is 0 Å². The minimum absolute atomic E-state index is 0.251. The summed E-state index contributed by atoms with van der Waals surface area (Å²) in [5.74, 6) is 0.818. The van der Waals surface area contributed by atoms with Crippen LogP contribution in [0.2, 0.25) is 0 Å². The lowest BCUT2D eigenvalue weighted by atomic mass is 10.0. The van der Waals surface area contributed by atoms with Crippen molar-refractivity contribution in [2.75, 3.05) is 32.1 Å². The van der Waals surface area contributed by atoms with E-state index in [0.29, 0.717) is 29.8 Å². The number of methoxy groups -OCH3 is 1. The molecule has 9 heteroatoms. The fraction of sp³-hybridized carbons (Fsp3) is 0.444. The lowest BCUT2D eigenvalue weighted by molar-refractivity contribution is -0.136. The fourth-order valence-electron chi connectivity index (χ4n) is 3.02. The predicted octanol–water partition coefficient (Wildman–Crippen LogP) is 0.364. The number of hydrogen-bond donors (Lipinski definition) is 4. The van der Waals surface area contributed by atoms with Crippen molar-refractivity contribution in [2.24, 2.45) is 0 Å². The number of nitrogens with one attached hydrogen (secondary N) is 4. The van der Waals surface area contributed by atoms with Crippen molar-refractivity contribution in [2.45, 2.75) is 25.3 Å². The molecule has 9 nitrogen and oxygen atoms in total.